The number of hydrogen-bond acceptors (Lipinski definition) is 3. The molecule has 0 aromatic heterocycles. The topological polar surface area (TPSA) is 41.8 Å². The maximum Gasteiger partial charge on any atom is 0.128 e. The van der Waals surface area contributed by atoms with Crippen LogP contribution in [0.1, 0.15) is 36.0 Å². The second-order valence-electron chi connectivity index (χ2n) is 5.31. The molecular weight excluding hydrogens is 262 g/mol. The van der Waals surface area contributed by atoms with Crippen LogP contribution in [0.15, 0.2) is 53.7 Å². The minimum atomic E-state index is 0.463. The molecule has 0 bridgehead atoms. The Hall–Kier alpha value is -2.29. The van der Waals surface area contributed by atoms with E-state index in [2.05, 4.69) is 29.4 Å². The second-order valence-corrected chi connectivity index (χ2v) is 5.31. The summed E-state index contributed by atoms with van der Waals surface area (Å²) in [4.78, 5) is 0. The molecule has 3 nitrogen and oxygen atoms in total. The van der Waals surface area contributed by atoms with E-state index in [1.807, 2.05) is 31.2 Å². The molecule has 1 atom stereocenters. The molecule has 21 heavy (non-hydrogen) atoms. The highest BCUT2D eigenvalue weighted by Gasteiger charge is 2.26. The van der Waals surface area contributed by atoms with Gasteiger partial charge >= 0.3 is 0 Å². The van der Waals surface area contributed by atoms with Crippen LogP contribution in [0, 0.1) is 0 Å². The third kappa shape index (κ3) is 2.64. The minimum Gasteiger partial charge on any atom is -0.492 e. The zero-order valence-corrected chi connectivity index (χ0v) is 12.1. The van der Waals surface area contributed by atoms with Gasteiger partial charge in [-0.3, -0.25) is 0 Å². The van der Waals surface area contributed by atoms with Gasteiger partial charge in [-0.2, -0.15) is 0 Å². The first-order valence-electron chi connectivity index (χ1n) is 7.34. The quantitative estimate of drug-likeness (QED) is 0.511. The number of hydrogen-bond donors (Lipinski definition) is 1. The second kappa shape index (κ2) is 6.00. The molecule has 2 aromatic carbocycles. The summed E-state index contributed by atoms with van der Waals surface area (Å²) < 4.78 is 5.99. The maximum atomic E-state index is 9.10. The Kier molecular flexibility index (Phi) is 3.91. The predicted molar refractivity (Wildman–Crippen MR) is 83.4 cm³/mol. The highest BCUT2D eigenvalue weighted by Crippen LogP contribution is 2.35. The Morgan fingerprint density at radius 3 is 2.71 bits per heavy atom. The summed E-state index contributed by atoms with van der Waals surface area (Å²) in [5.41, 5.74) is 4.33. The lowest BCUT2D eigenvalue weighted by atomic mass is 9.78. The average molecular weight is 281 g/mol. The van der Waals surface area contributed by atoms with E-state index in [4.69, 9.17) is 9.94 Å². The van der Waals surface area contributed by atoms with Gasteiger partial charge in [-0.1, -0.05) is 48.5 Å². The van der Waals surface area contributed by atoms with Crippen LogP contribution in [-0.4, -0.2) is 17.5 Å². The molecule has 0 fully saturated rings. The molecule has 1 N–H and O–H groups in total. The third-order valence-corrected chi connectivity index (χ3v) is 4.05. The van der Waals surface area contributed by atoms with E-state index < -0.39 is 0 Å². The summed E-state index contributed by atoms with van der Waals surface area (Å²) >= 11 is 0. The van der Waals surface area contributed by atoms with Gasteiger partial charge in [0.1, 0.15) is 5.75 Å². The third-order valence-electron chi connectivity index (χ3n) is 4.05. The fourth-order valence-electron chi connectivity index (χ4n) is 2.85. The molecule has 0 saturated carbocycles. The predicted octanol–water partition coefficient (Wildman–Crippen LogP) is 3.99. The lowest BCUT2D eigenvalue weighted by molar-refractivity contribution is 0.274. The molecule has 0 heterocycles. The number of ether oxygens (including phenoxy) is 1. The van der Waals surface area contributed by atoms with E-state index in [1.165, 1.54) is 11.1 Å². The summed E-state index contributed by atoms with van der Waals surface area (Å²) in [6, 6.07) is 16.2. The van der Waals surface area contributed by atoms with Gasteiger partial charge in [-0.05, 0) is 36.1 Å². The number of rotatable bonds is 5. The monoisotopic (exact) mass is 281 g/mol. The zero-order chi connectivity index (χ0) is 14.7. The standard InChI is InChI=1S/C18H19NO2/c1-2-17(19-20)16-9-5-6-10-18(16)21-12-14-11-13-7-3-4-8-15(13)14/h3-10,14,20H,2,11-12H2,1H3. The average Bonchev–Trinajstić information content (AvgIpc) is 2.51. The Morgan fingerprint density at radius 1 is 1.19 bits per heavy atom. The van der Waals surface area contributed by atoms with Crippen molar-refractivity contribution in [2.75, 3.05) is 6.61 Å². The van der Waals surface area contributed by atoms with Crippen LogP contribution in [0.25, 0.3) is 0 Å². The van der Waals surface area contributed by atoms with Gasteiger partial charge in [0.25, 0.3) is 0 Å². The Morgan fingerprint density at radius 2 is 1.95 bits per heavy atom. The first-order valence-corrected chi connectivity index (χ1v) is 7.34. The number of para-hydroxylation sites is 1. The van der Waals surface area contributed by atoms with Gasteiger partial charge in [0.05, 0.1) is 12.3 Å². The summed E-state index contributed by atoms with van der Waals surface area (Å²) in [6.07, 6.45) is 1.75. The van der Waals surface area contributed by atoms with Crippen molar-refractivity contribution in [3.63, 3.8) is 0 Å². The summed E-state index contributed by atoms with van der Waals surface area (Å²) in [5, 5.41) is 12.5. The molecule has 3 rings (SSSR count). The van der Waals surface area contributed by atoms with E-state index in [9.17, 15) is 0 Å². The van der Waals surface area contributed by atoms with Crippen LogP contribution in [0.2, 0.25) is 0 Å². The van der Waals surface area contributed by atoms with Crippen LogP contribution < -0.4 is 4.74 Å². The van der Waals surface area contributed by atoms with E-state index in [-0.39, 0.29) is 0 Å². The molecule has 3 heteroatoms. The van der Waals surface area contributed by atoms with Crippen molar-refractivity contribution in [2.24, 2.45) is 5.16 Å². The lowest BCUT2D eigenvalue weighted by Gasteiger charge is -2.30. The molecule has 0 aliphatic heterocycles. The molecule has 2 aromatic rings. The normalized spacial score (nSPS) is 17.0. The molecule has 0 amide bonds. The molecule has 0 radical (unpaired) electrons. The Labute approximate surface area is 124 Å². The highest BCUT2D eigenvalue weighted by molar-refractivity contribution is 6.02. The van der Waals surface area contributed by atoms with Crippen molar-refractivity contribution in [3.05, 3.63) is 65.2 Å². The van der Waals surface area contributed by atoms with Crippen LogP contribution in [0.5, 0.6) is 5.75 Å². The first kappa shape index (κ1) is 13.7. The van der Waals surface area contributed by atoms with Crippen molar-refractivity contribution in [2.45, 2.75) is 25.7 Å². The fourth-order valence-corrected chi connectivity index (χ4v) is 2.85. The summed E-state index contributed by atoms with van der Waals surface area (Å²) in [7, 11) is 0. The van der Waals surface area contributed by atoms with E-state index >= 15 is 0 Å². The first-order chi connectivity index (χ1) is 10.3. The minimum absolute atomic E-state index is 0.463. The molecule has 1 aliphatic rings. The SMILES string of the molecule is CCC(=NO)c1ccccc1OCC1Cc2ccccc21. The van der Waals surface area contributed by atoms with Gasteiger partial charge in [-0.15, -0.1) is 0 Å². The number of oxime groups is 1. The van der Waals surface area contributed by atoms with Crippen molar-refractivity contribution in [1.29, 1.82) is 0 Å². The van der Waals surface area contributed by atoms with Crippen LogP contribution in [-0.2, 0) is 6.42 Å². The van der Waals surface area contributed by atoms with E-state index in [1.54, 1.807) is 0 Å². The van der Waals surface area contributed by atoms with Gasteiger partial charge in [0, 0.05) is 11.5 Å². The summed E-state index contributed by atoms with van der Waals surface area (Å²) in [5.74, 6) is 1.25. The largest absolute Gasteiger partial charge is 0.492 e. The van der Waals surface area contributed by atoms with Crippen LogP contribution in [0.3, 0.4) is 0 Å². The Bertz CT molecular complexity index is 664. The van der Waals surface area contributed by atoms with Crippen LogP contribution >= 0.6 is 0 Å². The summed E-state index contributed by atoms with van der Waals surface area (Å²) in [6.45, 7) is 2.63. The van der Waals surface area contributed by atoms with Crippen molar-refractivity contribution in [1.82, 2.24) is 0 Å². The van der Waals surface area contributed by atoms with Gasteiger partial charge in [0.15, 0.2) is 0 Å². The molecule has 1 unspecified atom stereocenters. The van der Waals surface area contributed by atoms with Crippen molar-refractivity contribution >= 4 is 5.71 Å². The fraction of sp³-hybridized carbons (Fsp3) is 0.278. The van der Waals surface area contributed by atoms with Gasteiger partial charge < -0.3 is 9.94 Å². The zero-order valence-electron chi connectivity index (χ0n) is 12.1. The molecule has 0 saturated heterocycles. The highest BCUT2D eigenvalue weighted by atomic mass is 16.5. The van der Waals surface area contributed by atoms with Crippen LogP contribution in [0.4, 0.5) is 0 Å². The lowest BCUT2D eigenvalue weighted by Crippen LogP contribution is -2.23. The van der Waals surface area contributed by atoms with Crippen molar-refractivity contribution < 1.29 is 9.94 Å². The molecular formula is C18H19NO2. The molecule has 108 valence electrons. The smallest absolute Gasteiger partial charge is 0.128 e. The van der Waals surface area contributed by atoms with Gasteiger partial charge in [0.2, 0.25) is 0 Å². The number of benzene rings is 2. The van der Waals surface area contributed by atoms with E-state index in [0.29, 0.717) is 24.7 Å². The maximum absolute atomic E-state index is 9.10. The molecule has 0 spiro atoms. The Balaban J connectivity index is 1.72. The number of fused-ring (bicyclic) bond motifs is 1. The van der Waals surface area contributed by atoms with Crippen molar-refractivity contribution in [3.8, 4) is 5.75 Å². The molecule has 1 aliphatic carbocycles. The van der Waals surface area contributed by atoms with E-state index in [0.717, 1.165) is 17.7 Å². The van der Waals surface area contributed by atoms with Gasteiger partial charge in [-0.25, -0.2) is 0 Å². The number of nitrogens with zero attached hydrogens (tertiary/aromatic N) is 1.